The lowest BCUT2D eigenvalue weighted by atomic mass is 9.88. The van der Waals surface area contributed by atoms with Gasteiger partial charge >= 0.3 is 0 Å². The predicted molar refractivity (Wildman–Crippen MR) is 142 cm³/mol. The SMILES string of the molecule is C=C[C@@H]1C[C@]1(NC(=O)C1CN(C)C[C@H]1Cc1ccc(Cl)cc1)C(=O)NS(=O)(=O)c1cccc2cc[nH]c12. The average molecular weight is 541 g/mol. The van der Waals surface area contributed by atoms with Crippen molar-refractivity contribution in [2.75, 3.05) is 20.1 Å². The van der Waals surface area contributed by atoms with Crippen molar-refractivity contribution in [3.8, 4) is 0 Å². The molecule has 4 atom stereocenters. The summed E-state index contributed by atoms with van der Waals surface area (Å²) < 4.78 is 28.6. The van der Waals surface area contributed by atoms with Crippen LogP contribution in [0, 0.1) is 17.8 Å². The number of amides is 2. The first-order valence-electron chi connectivity index (χ1n) is 12.1. The van der Waals surface area contributed by atoms with Crippen LogP contribution in [-0.2, 0) is 26.0 Å². The Morgan fingerprint density at radius 3 is 2.65 bits per heavy atom. The monoisotopic (exact) mass is 540 g/mol. The van der Waals surface area contributed by atoms with Crippen molar-refractivity contribution < 1.29 is 18.0 Å². The summed E-state index contributed by atoms with van der Waals surface area (Å²) in [6.45, 7) is 5.06. The number of rotatable bonds is 8. The Balaban J connectivity index is 1.34. The van der Waals surface area contributed by atoms with E-state index in [9.17, 15) is 18.0 Å². The number of likely N-dealkylation sites (tertiary alicyclic amines) is 1. The van der Waals surface area contributed by atoms with Crippen LogP contribution in [0.4, 0.5) is 0 Å². The van der Waals surface area contributed by atoms with Crippen molar-refractivity contribution in [2.24, 2.45) is 17.8 Å². The number of fused-ring (bicyclic) bond motifs is 1. The molecule has 37 heavy (non-hydrogen) atoms. The molecule has 1 aromatic heterocycles. The fourth-order valence-corrected chi connectivity index (χ4v) is 6.77. The molecule has 0 radical (unpaired) electrons. The van der Waals surface area contributed by atoms with Gasteiger partial charge in [-0.05, 0) is 55.6 Å². The molecular formula is C27H29ClN4O4S. The van der Waals surface area contributed by atoms with Crippen molar-refractivity contribution in [2.45, 2.75) is 23.3 Å². The third-order valence-electron chi connectivity index (χ3n) is 7.49. The molecule has 1 unspecified atom stereocenters. The molecule has 2 aliphatic rings. The predicted octanol–water partition coefficient (Wildman–Crippen LogP) is 3.11. The van der Waals surface area contributed by atoms with E-state index in [-0.39, 0.29) is 28.6 Å². The maximum Gasteiger partial charge on any atom is 0.266 e. The molecule has 2 aromatic carbocycles. The Hall–Kier alpha value is -3.14. The molecule has 1 aliphatic heterocycles. The van der Waals surface area contributed by atoms with Crippen LogP contribution in [0.2, 0.25) is 5.02 Å². The number of nitrogens with one attached hydrogen (secondary N) is 3. The Labute approximate surface area is 221 Å². The van der Waals surface area contributed by atoms with Crippen molar-refractivity contribution >= 4 is 44.3 Å². The topological polar surface area (TPSA) is 111 Å². The molecule has 2 amide bonds. The van der Waals surface area contributed by atoms with Gasteiger partial charge in [0, 0.05) is 35.6 Å². The highest BCUT2D eigenvalue weighted by Crippen LogP contribution is 2.45. The number of sulfonamides is 1. The summed E-state index contributed by atoms with van der Waals surface area (Å²) in [5, 5.41) is 4.29. The number of benzene rings is 2. The van der Waals surface area contributed by atoms with Crippen LogP contribution in [0.5, 0.6) is 0 Å². The molecule has 1 saturated heterocycles. The minimum absolute atomic E-state index is 0.0268. The highest BCUT2D eigenvalue weighted by Gasteiger charge is 2.61. The zero-order chi connectivity index (χ0) is 26.4. The fourth-order valence-electron chi connectivity index (χ4n) is 5.41. The molecule has 10 heteroatoms. The van der Waals surface area contributed by atoms with Gasteiger partial charge < -0.3 is 15.2 Å². The first-order chi connectivity index (χ1) is 17.6. The van der Waals surface area contributed by atoms with E-state index in [1.165, 1.54) is 6.07 Å². The second-order valence-electron chi connectivity index (χ2n) is 10.1. The Bertz CT molecular complexity index is 1470. The van der Waals surface area contributed by atoms with Crippen LogP contribution in [-0.4, -0.2) is 55.8 Å². The maximum absolute atomic E-state index is 13.5. The molecule has 1 aliphatic carbocycles. The molecule has 2 fully saturated rings. The number of hydrogen-bond donors (Lipinski definition) is 3. The van der Waals surface area contributed by atoms with E-state index in [0.29, 0.717) is 35.3 Å². The number of H-pyrrole nitrogens is 1. The minimum atomic E-state index is -4.18. The largest absolute Gasteiger partial charge is 0.360 e. The number of carbonyl (C=O) groups excluding carboxylic acids is 2. The first-order valence-corrected chi connectivity index (χ1v) is 14.0. The highest BCUT2D eigenvalue weighted by molar-refractivity contribution is 7.90. The normalized spacial score (nSPS) is 25.6. The zero-order valence-corrected chi connectivity index (χ0v) is 22.0. The van der Waals surface area contributed by atoms with E-state index in [0.717, 1.165) is 12.1 Å². The molecule has 0 spiro atoms. The van der Waals surface area contributed by atoms with E-state index in [2.05, 4.69) is 26.5 Å². The Morgan fingerprint density at radius 2 is 1.95 bits per heavy atom. The number of para-hydroxylation sites is 1. The second kappa shape index (κ2) is 9.63. The summed E-state index contributed by atoms with van der Waals surface area (Å²) >= 11 is 6.01. The molecule has 5 rings (SSSR count). The molecule has 8 nitrogen and oxygen atoms in total. The smallest absolute Gasteiger partial charge is 0.266 e. The van der Waals surface area contributed by atoms with Gasteiger partial charge in [0.15, 0.2) is 0 Å². The minimum Gasteiger partial charge on any atom is -0.360 e. The molecule has 3 aromatic rings. The van der Waals surface area contributed by atoms with E-state index in [1.54, 1.807) is 30.5 Å². The highest BCUT2D eigenvalue weighted by atomic mass is 35.5. The van der Waals surface area contributed by atoms with Gasteiger partial charge in [-0.3, -0.25) is 9.59 Å². The van der Waals surface area contributed by atoms with Crippen molar-refractivity contribution in [1.29, 1.82) is 0 Å². The lowest BCUT2D eigenvalue weighted by Gasteiger charge is -2.23. The summed E-state index contributed by atoms with van der Waals surface area (Å²) in [6.07, 6.45) is 4.21. The number of halogens is 1. The molecule has 3 N–H and O–H groups in total. The van der Waals surface area contributed by atoms with Crippen LogP contribution in [0.25, 0.3) is 10.9 Å². The summed E-state index contributed by atoms with van der Waals surface area (Å²) in [5.41, 5.74) is 0.146. The molecule has 0 bridgehead atoms. The number of nitrogens with zero attached hydrogens (tertiary/aromatic N) is 1. The lowest BCUT2D eigenvalue weighted by molar-refractivity contribution is -0.132. The van der Waals surface area contributed by atoms with Crippen molar-refractivity contribution in [3.05, 3.63) is 78.0 Å². The second-order valence-corrected chi connectivity index (χ2v) is 12.1. The quantitative estimate of drug-likeness (QED) is 0.380. The fraction of sp³-hybridized carbons (Fsp3) is 0.333. The van der Waals surface area contributed by atoms with Crippen LogP contribution in [0.15, 0.2) is 72.3 Å². The summed E-state index contributed by atoms with van der Waals surface area (Å²) in [5.74, 6) is -1.68. The zero-order valence-electron chi connectivity index (χ0n) is 20.4. The van der Waals surface area contributed by atoms with E-state index >= 15 is 0 Å². The van der Waals surface area contributed by atoms with E-state index in [4.69, 9.17) is 11.6 Å². The number of aromatic amines is 1. The Kier molecular flexibility index (Phi) is 6.64. The van der Waals surface area contributed by atoms with E-state index < -0.39 is 21.5 Å². The molecule has 194 valence electrons. The van der Waals surface area contributed by atoms with Gasteiger partial charge in [0.25, 0.3) is 15.9 Å². The molecular weight excluding hydrogens is 512 g/mol. The maximum atomic E-state index is 13.5. The third kappa shape index (κ3) is 4.91. The van der Waals surface area contributed by atoms with Gasteiger partial charge in [0.05, 0.1) is 11.4 Å². The Morgan fingerprint density at radius 1 is 1.19 bits per heavy atom. The van der Waals surface area contributed by atoms with Gasteiger partial charge in [-0.1, -0.05) is 41.9 Å². The molecule has 2 heterocycles. The first kappa shape index (κ1) is 25.5. The van der Waals surface area contributed by atoms with Crippen molar-refractivity contribution in [3.63, 3.8) is 0 Å². The van der Waals surface area contributed by atoms with Gasteiger partial charge in [0.1, 0.15) is 10.4 Å². The number of carbonyl (C=O) groups is 2. The van der Waals surface area contributed by atoms with Gasteiger partial charge in [-0.15, -0.1) is 6.58 Å². The summed E-state index contributed by atoms with van der Waals surface area (Å²) in [6, 6.07) is 14.2. The van der Waals surface area contributed by atoms with Crippen molar-refractivity contribution in [1.82, 2.24) is 19.9 Å². The summed E-state index contributed by atoms with van der Waals surface area (Å²) in [4.78, 5) is 31.9. The number of hydrogen-bond acceptors (Lipinski definition) is 5. The number of aromatic nitrogens is 1. The van der Waals surface area contributed by atoms with Crippen LogP contribution in [0.1, 0.15) is 12.0 Å². The van der Waals surface area contributed by atoms with Crippen LogP contribution >= 0.6 is 11.6 Å². The van der Waals surface area contributed by atoms with Crippen LogP contribution < -0.4 is 10.0 Å². The van der Waals surface area contributed by atoms with Gasteiger partial charge in [-0.25, -0.2) is 13.1 Å². The average Bonchev–Trinajstić information content (AvgIpc) is 3.16. The standard InChI is InChI=1S/C27H29ClN4O4S/c1-3-20-14-27(20,26(34)31-37(35,36)23-6-4-5-18-11-12-29-24(18)23)30-25(33)22-16-32(2)15-19(22)13-17-7-9-21(28)10-8-17/h3-12,19-20,22,29H,1,13-16H2,2H3,(H,30,33)(H,31,34)/t19-,20-,22?,27-/m1/s1. The lowest BCUT2D eigenvalue weighted by Crippen LogP contribution is -2.54. The van der Waals surface area contributed by atoms with E-state index in [1.807, 2.05) is 31.3 Å². The summed E-state index contributed by atoms with van der Waals surface area (Å²) in [7, 11) is -2.22. The van der Waals surface area contributed by atoms with Gasteiger partial charge in [0.2, 0.25) is 5.91 Å². The third-order valence-corrected chi connectivity index (χ3v) is 9.11. The van der Waals surface area contributed by atoms with Crippen LogP contribution in [0.3, 0.4) is 0 Å². The van der Waals surface area contributed by atoms with Gasteiger partial charge in [-0.2, -0.15) is 0 Å². The molecule has 1 saturated carbocycles.